The molecule has 0 atom stereocenters. The quantitative estimate of drug-likeness (QED) is 0.888. The van der Waals surface area contributed by atoms with E-state index in [2.05, 4.69) is 4.90 Å². The number of hydrogen-bond acceptors (Lipinski definition) is 4. The van der Waals surface area contributed by atoms with Crippen molar-refractivity contribution in [2.24, 2.45) is 0 Å². The Hall–Kier alpha value is -1.75. The van der Waals surface area contributed by atoms with E-state index in [4.69, 9.17) is 4.74 Å². The molecule has 0 saturated carbocycles. The SMILES string of the molecule is COc1cccc(C(=O)N(C)CCN2CCCC2)c1O. The van der Waals surface area contributed by atoms with E-state index in [1.54, 1.807) is 30.1 Å². The molecule has 20 heavy (non-hydrogen) atoms. The smallest absolute Gasteiger partial charge is 0.257 e. The summed E-state index contributed by atoms with van der Waals surface area (Å²) in [5, 5.41) is 10.0. The maximum absolute atomic E-state index is 12.3. The Morgan fingerprint density at radius 1 is 1.40 bits per heavy atom. The molecule has 1 heterocycles. The van der Waals surface area contributed by atoms with Crippen molar-refractivity contribution in [3.05, 3.63) is 23.8 Å². The Labute approximate surface area is 119 Å². The van der Waals surface area contributed by atoms with Gasteiger partial charge in [0.05, 0.1) is 12.7 Å². The summed E-state index contributed by atoms with van der Waals surface area (Å²) in [5.41, 5.74) is 0.285. The van der Waals surface area contributed by atoms with E-state index in [1.165, 1.54) is 20.0 Å². The zero-order chi connectivity index (χ0) is 14.5. The van der Waals surface area contributed by atoms with E-state index in [1.807, 2.05) is 0 Å². The third kappa shape index (κ3) is 3.22. The number of aromatic hydroxyl groups is 1. The summed E-state index contributed by atoms with van der Waals surface area (Å²) in [6.45, 7) is 3.78. The number of nitrogens with zero attached hydrogens (tertiary/aromatic N) is 2. The topological polar surface area (TPSA) is 53.0 Å². The second-order valence-electron chi connectivity index (χ2n) is 5.13. The van der Waals surface area contributed by atoms with Gasteiger partial charge in [-0.3, -0.25) is 4.79 Å². The van der Waals surface area contributed by atoms with Crippen molar-refractivity contribution in [3.63, 3.8) is 0 Å². The molecule has 2 rings (SSSR count). The Kier molecular flexibility index (Phi) is 4.84. The summed E-state index contributed by atoms with van der Waals surface area (Å²) in [6.07, 6.45) is 2.49. The largest absolute Gasteiger partial charge is 0.504 e. The zero-order valence-corrected chi connectivity index (χ0v) is 12.1. The lowest BCUT2D eigenvalue weighted by molar-refractivity contribution is 0.0778. The van der Waals surface area contributed by atoms with E-state index in [0.29, 0.717) is 12.3 Å². The molecule has 1 aliphatic heterocycles. The fourth-order valence-corrected chi connectivity index (χ4v) is 2.46. The number of phenols is 1. The zero-order valence-electron chi connectivity index (χ0n) is 12.1. The van der Waals surface area contributed by atoms with E-state index in [0.717, 1.165) is 19.6 Å². The number of likely N-dealkylation sites (tertiary alicyclic amines) is 1. The third-order valence-corrected chi connectivity index (χ3v) is 3.75. The number of benzene rings is 1. The normalized spacial score (nSPS) is 15.3. The molecule has 1 fully saturated rings. The maximum atomic E-state index is 12.3. The van der Waals surface area contributed by atoms with Crippen LogP contribution in [-0.4, -0.2) is 61.2 Å². The van der Waals surface area contributed by atoms with Crippen LogP contribution in [0.4, 0.5) is 0 Å². The lowest BCUT2D eigenvalue weighted by Gasteiger charge is -2.22. The Balaban J connectivity index is 1.99. The Morgan fingerprint density at radius 2 is 2.10 bits per heavy atom. The van der Waals surface area contributed by atoms with Crippen LogP contribution in [0.1, 0.15) is 23.2 Å². The van der Waals surface area contributed by atoms with E-state index < -0.39 is 0 Å². The molecule has 1 amide bonds. The first-order chi connectivity index (χ1) is 9.63. The second-order valence-corrected chi connectivity index (χ2v) is 5.13. The summed E-state index contributed by atoms with van der Waals surface area (Å²) >= 11 is 0. The predicted molar refractivity (Wildman–Crippen MR) is 77.3 cm³/mol. The number of methoxy groups -OCH3 is 1. The van der Waals surface area contributed by atoms with Crippen molar-refractivity contribution in [2.45, 2.75) is 12.8 Å². The lowest BCUT2D eigenvalue weighted by Crippen LogP contribution is -2.35. The van der Waals surface area contributed by atoms with Gasteiger partial charge >= 0.3 is 0 Å². The number of amides is 1. The van der Waals surface area contributed by atoms with Gasteiger partial charge in [-0.15, -0.1) is 0 Å². The van der Waals surface area contributed by atoms with Crippen LogP contribution in [0.15, 0.2) is 18.2 Å². The number of carbonyl (C=O) groups excluding carboxylic acids is 1. The first-order valence-corrected chi connectivity index (χ1v) is 6.97. The highest BCUT2D eigenvalue weighted by molar-refractivity contribution is 5.97. The van der Waals surface area contributed by atoms with E-state index in [-0.39, 0.29) is 17.2 Å². The van der Waals surface area contributed by atoms with Gasteiger partial charge in [0, 0.05) is 20.1 Å². The highest BCUT2D eigenvalue weighted by Gasteiger charge is 2.19. The average molecular weight is 278 g/mol. The highest BCUT2D eigenvalue weighted by Crippen LogP contribution is 2.29. The van der Waals surface area contributed by atoms with Crippen LogP contribution in [0.5, 0.6) is 11.5 Å². The number of para-hydroxylation sites is 1. The number of ether oxygens (including phenoxy) is 1. The van der Waals surface area contributed by atoms with Crippen molar-refractivity contribution in [3.8, 4) is 11.5 Å². The predicted octanol–water partition coefficient (Wildman–Crippen LogP) is 1.57. The third-order valence-electron chi connectivity index (χ3n) is 3.75. The monoisotopic (exact) mass is 278 g/mol. The Morgan fingerprint density at radius 3 is 2.75 bits per heavy atom. The molecule has 110 valence electrons. The minimum atomic E-state index is -0.180. The Bertz CT molecular complexity index is 470. The van der Waals surface area contributed by atoms with Crippen molar-refractivity contribution in [2.75, 3.05) is 40.3 Å². The molecule has 1 aliphatic rings. The number of rotatable bonds is 5. The van der Waals surface area contributed by atoms with Crippen LogP contribution < -0.4 is 4.74 Å². The fraction of sp³-hybridized carbons (Fsp3) is 0.533. The highest BCUT2D eigenvalue weighted by atomic mass is 16.5. The summed E-state index contributed by atoms with van der Waals surface area (Å²) in [4.78, 5) is 16.3. The van der Waals surface area contributed by atoms with Crippen molar-refractivity contribution < 1.29 is 14.6 Å². The van der Waals surface area contributed by atoms with Gasteiger partial charge in [-0.2, -0.15) is 0 Å². The number of hydrogen-bond donors (Lipinski definition) is 1. The molecule has 5 nitrogen and oxygen atoms in total. The summed E-state index contributed by atoms with van der Waals surface area (Å²) in [7, 11) is 3.23. The molecule has 0 bridgehead atoms. The van der Waals surface area contributed by atoms with Crippen LogP contribution in [-0.2, 0) is 0 Å². The molecular weight excluding hydrogens is 256 g/mol. The molecule has 0 aliphatic carbocycles. The number of carbonyl (C=O) groups is 1. The summed E-state index contributed by atoms with van der Waals surface area (Å²) < 4.78 is 5.03. The first kappa shape index (κ1) is 14.7. The summed E-state index contributed by atoms with van der Waals surface area (Å²) in [6, 6.07) is 4.96. The van der Waals surface area contributed by atoms with Crippen LogP contribution >= 0.6 is 0 Å². The molecule has 0 radical (unpaired) electrons. The minimum absolute atomic E-state index is 0.0898. The van der Waals surface area contributed by atoms with Crippen molar-refractivity contribution in [1.29, 1.82) is 0 Å². The molecule has 0 aromatic heterocycles. The minimum Gasteiger partial charge on any atom is -0.504 e. The van der Waals surface area contributed by atoms with Gasteiger partial charge in [0.15, 0.2) is 11.5 Å². The van der Waals surface area contributed by atoms with E-state index >= 15 is 0 Å². The lowest BCUT2D eigenvalue weighted by atomic mass is 10.1. The first-order valence-electron chi connectivity index (χ1n) is 6.97. The summed E-state index contributed by atoms with van der Waals surface area (Å²) in [5.74, 6) is 0.0532. The molecule has 5 heteroatoms. The number of phenolic OH excluding ortho intramolecular Hbond substituents is 1. The molecule has 0 unspecified atom stereocenters. The van der Waals surface area contributed by atoms with Gasteiger partial charge in [-0.25, -0.2) is 0 Å². The molecule has 1 N–H and O–H groups in total. The van der Waals surface area contributed by atoms with Gasteiger partial charge < -0.3 is 19.6 Å². The molecular formula is C15H22N2O3. The molecule has 1 aromatic carbocycles. The van der Waals surface area contributed by atoms with Crippen molar-refractivity contribution >= 4 is 5.91 Å². The average Bonchev–Trinajstić information content (AvgIpc) is 2.97. The van der Waals surface area contributed by atoms with Gasteiger partial charge in [0.1, 0.15) is 0 Å². The van der Waals surface area contributed by atoms with Crippen LogP contribution in [0, 0.1) is 0 Å². The van der Waals surface area contributed by atoms with Gasteiger partial charge in [0.2, 0.25) is 0 Å². The molecule has 0 spiro atoms. The number of likely N-dealkylation sites (N-methyl/N-ethyl adjacent to an activating group) is 1. The van der Waals surface area contributed by atoms with Gasteiger partial charge in [-0.05, 0) is 38.1 Å². The standard InChI is InChI=1S/C15H22N2O3/c1-16(10-11-17-8-3-4-9-17)15(19)12-6-5-7-13(20-2)14(12)18/h5-7,18H,3-4,8-11H2,1-2H3. The van der Waals surface area contributed by atoms with Crippen LogP contribution in [0.3, 0.4) is 0 Å². The van der Waals surface area contributed by atoms with Gasteiger partial charge in [-0.1, -0.05) is 6.07 Å². The van der Waals surface area contributed by atoms with E-state index in [9.17, 15) is 9.90 Å². The second kappa shape index (κ2) is 6.61. The fourth-order valence-electron chi connectivity index (χ4n) is 2.46. The maximum Gasteiger partial charge on any atom is 0.257 e. The molecule has 1 aromatic rings. The van der Waals surface area contributed by atoms with Crippen molar-refractivity contribution in [1.82, 2.24) is 9.80 Å². The molecule has 1 saturated heterocycles. The van der Waals surface area contributed by atoms with Gasteiger partial charge in [0.25, 0.3) is 5.91 Å². The van der Waals surface area contributed by atoms with Crippen LogP contribution in [0.25, 0.3) is 0 Å². The van der Waals surface area contributed by atoms with Crippen LogP contribution in [0.2, 0.25) is 0 Å².